The predicted octanol–water partition coefficient (Wildman–Crippen LogP) is 3.26. The van der Waals surface area contributed by atoms with Gasteiger partial charge >= 0.3 is 0 Å². The van der Waals surface area contributed by atoms with E-state index < -0.39 is 11.6 Å². The Bertz CT molecular complexity index is 980. The highest BCUT2D eigenvalue weighted by molar-refractivity contribution is 5.59. The van der Waals surface area contributed by atoms with Crippen molar-refractivity contribution in [2.75, 3.05) is 0 Å². The Balaban J connectivity index is 1.65. The molecule has 6 nitrogen and oxygen atoms in total. The van der Waals surface area contributed by atoms with E-state index >= 15 is 0 Å². The smallest absolute Gasteiger partial charge is 0.261 e. The molecule has 118 valence electrons. The fourth-order valence-corrected chi connectivity index (χ4v) is 2.17. The number of halogens is 2. The number of rotatable bonds is 3. The van der Waals surface area contributed by atoms with Crippen LogP contribution in [0.15, 0.2) is 59.5 Å². The molecule has 0 unspecified atom stereocenters. The number of nitrogens with zero attached hydrogens (tertiary/aromatic N) is 5. The van der Waals surface area contributed by atoms with Crippen LogP contribution >= 0.6 is 0 Å². The van der Waals surface area contributed by atoms with Gasteiger partial charge in [-0.1, -0.05) is 5.16 Å². The van der Waals surface area contributed by atoms with Gasteiger partial charge < -0.3 is 4.52 Å². The van der Waals surface area contributed by atoms with Gasteiger partial charge in [-0.2, -0.15) is 10.1 Å². The SMILES string of the molecule is Fc1ccc(-c2nc(-c3ccc(-n4cccn4)nc3)no2)c(F)c1. The second-order valence-electron chi connectivity index (χ2n) is 4.90. The van der Waals surface area contributed by atoms with Crippen LogP contribution in [0.3, 0.4) is 0 Å². The molecule has 1 aromatic carbocycles. The summed E-state index contributed by atoms with van der Waals surface area (Å²) >= 11 is 0. The van der Waals surface area contributed by atoms with Crippen molar-refractivity contribution in [2.45, 2.75) is 0 Å². The fraction of sp³-hybridized carbons (Fsp3) is 0. The van der Waals surface area contributed by atoms with Crippen LogP contribution in [0.5, 0.6) is 0 Å². The molecule has 0 spiro atoms. The predicted molar refractivity (Wildman–Crippen MR) is 80.0 cm³/mol. The largest absolute Gasteiger partial charge is 0.334 e. The lowest BCUT2D eigenvalue weighted by molar-refractivity contribution is 0.429. The topological polar surface area (TPSA) is 69.6 Å². The van der Waals surface area contributed by atoms with E-state index in [0.717, 1.165) is 12.1 Å². The first-order valence-electron chi connectivity index (χ1n) is 6.96. The highest BCUT2D eigenvalue weighted by atomic mass is 19.1. The van der Waals surface area contributed by atoms with Gasteiger partial charge in [0.15, 0.2) is 5.82 Å². The first kappa shape index (κ1) is 14.2. The molecular formula is C16H9F2N5O. The molecule has 0 amide bonds. The molecule has 0 saturated heterocycles. The van der Waals surface area contributed by atoms with E-state index in [1.807, 2.05) is 0 Å². The number of benzene rings is 1. The van der Waals surface area contributed by atoms with E-state index in [1.165, 1.54) is 6.07 Å². The van der Waals surface area contributed by atoms with Gasteiger partial charge in [-0.15, -0.1) is 0 Å². The second-order valence-corrected chi connectivity index (χ2v) is 4.90. The van der Waals surface area contributed by atoms with Crippen molar-refractivity contribution in [3.63, 3.8) is 0 Å². The fourth-order valence-electron chi connectivity index (χ4n) is 2.17. The standard InChI is InChI=1S/C16H9F2N5O/c17-11-3-4-12(13(18)8-11)16-21-15(22-24-16)10-2-5-14(19-9-10)23-7-1-6-20-23/h1-9H. The quantitative estimate of drug-likeness (QED) is 0.578. The maximum atomic E-state index is 13.8. The lowest BCUT2D eigenvalue weighted by Gasteiger charge is -2.00. The van der Waals surface area contributed by atoms with Crippen molar-refractivity contribution in [3.8, 4) is 28.7 Å². The summed E-state index contributed by atoms with van der Waals surface area (Å²) in [5.41, 5.74) is 0.639. The summed E-state index contributed by atoms with van der Waals surface area (Å²) in [4.78, 5) is 8.39. The molecule has 0 N–H and O–H groups in total. The van der Waals surface area contributed by atoms with Gasteiger partial charge in [-0.05, 0) is 30.3 Å². The molecule has 0 saturated carbocycles. The van der Waals surface area contributed by atoms with E-state index in [4.69, 9.17) is 4.52 Å². The van der Waals surface area contributed by atoms with Crippen LogP contribution in [0.2, 0.25) is 0 Å². The van der Waals surface area contributed by atoms with Gasteiger partial charge in [0.25, 0.3) is 5.89 Å². The van der Waals surface area contributed by atoms with Crippen molar-refractivity contribution in [3.05, 3.63) is 66.6 Å². The summed E-state index contributed by atoms with van der Waals surface area (Å²) < 4.78 is 33.4. The van der Waals surface area contributed by atoms with Crippen LogP contribution in [0.1, 0.15) is 0 Å². The van der Waals surface area contributed by atoms with Gasteiger partial charge in [-0.25, -0.2) is 18.4 Å². The van der Waals surface area contributed by atoms with E-state index in [0.29, 0.717) is 11.4 Å². The first-order valence-corrected chi connectivity index (χ1v) is 6.96. The van der Waals surface area contributed by atoms with Gasteiger partial charge in [0.1, 0.15) is 11.6 Å². The van der Waals surface area contributed by atoms with E-state index in [-0.39, 0.29) is 17.3 Å². The van der Waals surface area contributed by atoms with Crippen LogP contribution in [-0.2, 0) is 0 Å². The zero-order chi connectivity index (χ0) is 16.5. The molecule has 3 aromatic heterocycles. The monoisotopic (exact) mass is 325 g/mol. The molecular weight excluding hydrogens is 316 g/mol. The molecule has 4 rings (SSSR count). The highest BCUT2D eigenvalue weighted by Crippen LogP contribution is 2.24. The Morgan fingerprint density at radius 1 is 1.08 bits per heavy atom. The third kappa shape index (κ3) is 2.54. The Kier molecular flexibility index (Phi) is 3.34. The second kappa shape index (κ2) is 5.65. The molecule has 4 aromatic rings. The average Bonchev–Trinajstić information content (AvgIpc) is 3.27. The maximum Gasteiger partial charge on any atom is 0.261 e. The number of hydrogen-bond donors (Lipinski definition) is 0. The maximum absolute atomic E-state index is 13.8. The van der Waals surface area contributed by atoms with Crippen LogP contribution in [-0.4, -0.2) is 24.9 Å². The molecule has 0 aliphatic heterocycles. The number of aromatic nitrogens is 5. The van der Waals surface area contributed by atoms with Crippen LogP contribution < -0.4 is 0 Å². The molecule has 8 heteroatoms. The van der Waals surface area contributed by atoms with Crippen LogP contribution in [0.25, 0.3) is 28.7 Å². The van der Waals surface area contributed by atoms with Crippen molar-refractivity contribution in [2.24, 2.45) is 0 Å². The summed E-state index contributed by atoms with van der Waals surface area (Å²) in [6.07, 6.45) is 4.98. The summed E-state index contributed by atoms with van der Waals surface area (Å²) in [6, 6.07) is 8.43. The first-order chi connectivity index (χ1) is 11.7. The van der Waals surface area contributed by atoms with E-state index in [2.05, 4.69) is 20.2 Å². The summed E-state index contributed by atoms with van der Waals surface area (Å²) in [5, 5.41) is 7.89. The van der Waals surface area contributed by atoms with E-state index in [1.54, 1.807) is 41.5 Å². The summed E-state index contributed by atoms with van der Waals surface area (Å²) in [6.45, 7) is 0. The Morgan fingerprint density at radius 2 is 2.00 bits per heavy atom. The third-order valence-electron chi connectivity index (χ3n) is 3.33. The molecule has 3 heterocycles. The lowest BCUT2D eigenvalue weighted by Crippen LogP contribution is -1.97. The van der Waals surface area contributed by atoms with Gasteiger partial charge in [0.2, 0.25) is 5.82 Å². The van der Waals surface area contributed by atoms with Crippen molar-refractivity contribution < 1.29 is 13.3 Å². The van der Waals surface area contributed by atoms with Gasteiger partial charge in [0.05, 0.1) is 5.56 Å². The van der Waals surface area contributed by atoms with E-state index in [9.17, 15) is 8.78 Å². The van der Waals surface area contributed by atoms with Crippen LogP contribution in [0, 0.1) is 11.6 Å². The minimum absolute atomic E-state index is 0.0290. The minimum atomic E-state index is -0.766. The van der Waals surface area contributed by atoms with Crippen molar-refractivity contribution in [1.82, 2.24) is 24.9 Å². The zero-order valence-electron chi connectivity index (χ0n) is 12.1. The van der Waals surface area contributed by atoms with Crippen molar-refractivity contribution >= 4 is 0 Å². The molecule has 0 radical (unpaired) electrons. The highest BCUT2D eigenvalue weighted by Gasteiger charge is 2.15. The minimum Gasteiger partial charge on any atom is -0.334 e. The third-order valence-corrected chi connectivity index (χ3v) is 3.33. The summed E-state index contributed by atoms with van der Waals surface area (Å²) in [5.74, 6) is -0.573. The van der Waals surface area contributed by atoms with Crippen molar-refractivity contribution in [1.29, 1.82) is 0 Å². The zero-order valence-corrected chi connectivity index (χ0v) is 12.1. The molecule has 0 atom stereocenters. The molecule has 0 aliphatic carbocycles. The Hall–Kier alpha value is -3.42. The Labute approximate surface area is 134 Å². The molecule has 0 fully saturated rings. The van der Waals surface area contributed by atoms with Crippen LogP contribution in [0.4, 0.5) is 8.78 Å². The molecule has 0 aliphatic rings. The lowest BCUT2D eigenvalue weighted by atomic mass is 10.2. The Morgan fingerprint density at radius 3 is 2.71 bits per heavy atom. The van der Waals surface area contributed by atoms with Gasteiger partial charge in [-0.3, -0.25) is 0 Å². The van der Waals surface area contributed by atoms with Gasteiger partial charge in [0, 0.05) is 30.2 Å². The molecule has 24 heavy (non-hydrogen) atoms. The number of hydrogen-bond acceptors (Lipinski definition) is 5. The average molecular weight is 325 g/mol. The molecule has 0 bridgehead atoms. The number of pyridine rings is 1. The normalized spacial score (nSPS) is 10.9. The summed E-state index contributed by atoms with van der Waals surface area (Å²) in [7, 11) is 0.